The van der Waals surface area contributed by atoms with Gasteiger partial charge in [-0.3, -0.25) is 0 Å². The number of hydrogen-bond acceptors (Lipinski definition) is 5. The summed E-state index contributed by atoms with van der Waals surface area (Å²) in [5.41, 5.74) is 1.25. The molecule has 5 heteroatoms. The average Bonchev–Trinajstić information content (AvgIpc) is 3.09. The Morgan fingerprint density at radius 2 is 2.11 bits per heavy atom. The van der Waals surface area contributed by atoms with Gasteiger partial charge in [-0.2, -0.15) is 10.2 Å². The second-order valence-corrected chi connectivity index (χ2v) is 3.59. The Hall–Kier alpha value is -2.87. The van der Waals surface area contributed by atoms with Crippen molar-refractivity contribution in [2.24, 2.45) is 0 Å². The summed E-state index contributed by atoms with van der Waals surface area (Å²) in [5, 5.41) is 12.7. The Morgan fingerprint density at radius 1 is 1.17 bits per heavy atom. The van der Waals surface area contributed by atoms with Crippen LogP contribution in [0.4, 0.5) is 0 Å². The molecule has 0 atom stereocenters. The number of rotatable bonds is 2. The highest BCUT2D eigenvalue weighted by Gasteiger charge is 2.12. The zero-order valence-corrected chi connectivity index (χ0v) is 9.20. The summed E-state index contributed by atoms with van der Waals surface area (Å²) in [6, 6.07) is 12.5. The lowest BCUT2D eigenvalue weighted by molar-refractivity contribution is 0.429. The Morgan fingerprint density at radius 3 is 2.89 bits per heavy atom. The number of nitriles is 1. The lowest BCUT2D eigenvalue weighted by Gasteiger charge is -1.93. The molecule has 2 heterocycles. The highest BCUT2D eigenvalue weighted by Crippen LogP contribution is 2.22. The fourth-order valence-electron chi connectivity index (χ4n) is 1.57. The standard InChI is InChI=1S/C13H7N3O2/c14-8-9-3-1-4-10(7-9)13-15-12(16-18-13)11-5-2-6-17-11/h1-7H. The van der Waals surface area contributed by atoms with E-state index < -0.39 is 0 Å². The molecule has 1 aromatic carbocycles. The number of benzene rings is 1. The second kappa shape index (κ2) is 4.18. The van der Waals surface area contributed by atoms with Crippen LogP contribution in [0.25, 0.3) is 23.0 Å². The summed E-state index contributed by atoms with van der Waals surface area (Å²) in [5.74, 6) is 1.29. The molecule has 3 rings (SSSR count). The third-order valence-electron chi connectivity index (χ3n) is 2.41. The van der Waals surface area contributed by atoms with E-state index in [1.54, 1.807) is 42.7 Å². The Kier molecular flexibility index (Phi) is 2.39. The van der Waals surface area contributed by atoms with Crippen LogP contribution in [0.2, 0.25) is 0 Å². The summed E-state index contributed by atoms with van der Waals surface area (Å²) in [6.45, 7) is 0. The topological polar surface area (TPSA) is 75.8 Å². The SMILES string of the molecule is N#Cc1cccc(-c2nc(-c3ccco3)no2)c1. The maximum atomic E-state index is 8.83. The van der Waals surface area contributed by atoms with Gasteiger partial charge < -0.3 is 8.94 Å². The molecule has 0 fully saturated rings. The van der Waals surface area contributed by atoms with Crippen molar-refractivity contribution in [3.8, 4) is 29.1 Å². The molecule has 0 aliphatic heterocycles. The van der Waals surface area contributed by atoms with Crippen LogP contribution >= 0.6 is 0 Å². The zero-order chi connectivity index (χ0) is 12.4. The molecule has 2 aromatic heterocycles. The van der Waals surface area contributed by atoms with Gasteiger partial charge in [-0.15, -0.1) is 0 Å². The Balaban J connectivity index is 2.01. The zero-order valence-electron chi connectivity index (χ0n) is 9.20. The van der Waals surface area contributed by atoms with Crippen molar-refractivity contribution in [3.05, 3.63) is 48.2 Å². The van der Waals surface area contributed by atoms with E-state index in [2.05, 4.69) is 16.2 Å². The van der Waals surface area contributed by atoms with Crippen molar-refractivity contribution >= 4 is 0 Å². The van der Waals surface area contributed by atoms with Crippen molar-refractivity contribution in [2.45, 2.75) is 0 Å². The van der Waals surface area contributed by atoms with Crippen LogP contribution in [0.1, 0.15) is 5.56 Å². The van der Waals surface area contributed by atoms with Gasteiger partial charge in [0.05, 0.1) is 17.9 Å². The van der Waals surface area contributed by atoms with Crippen LogP contribution in [0, 0.1) is 11.3 Å². The smallest absolute Gasteiger partial charge is 0.258 e. The molecule has 0 saturated heterocycles. The molecular weight excluding hydrogens is 230 g/mol. The number of hydrogen-bond donors (Lipinski definition) is 0. The molecule has 86 valence electrons. The van der Waals surface area contributed by atoms with Crippen molar-refractivity contribution in [1.82, 2.24) is 10.1 Å². The van der Waals surface area contributed by atoms with Crippen molar-refractivity contribution in [1.29, 1.82) is 5.26 Å². The molecule has 0 N–H and O–H groups in total. The summed E-state index contributed by atoms with van der Waals surface area (Å²) < 4.78 is 10.3. The molecule has 18 heavy (non-hydrogen) atoms. The van der Waals surface area contributed by atoms with Gasteiger partial charge in [0.1, 0.15) is 0 Å². The van der Waals surface area contributed by atoms with E-state index >= 15 is 0 Å². The highest BCUT2D eigenvalue weighted by molar-refractivity contribution is 5.58. The minimum Gasteiger partial charge on any atom is -0.461 e. The minimum absolute atomic E-state index is 0.360. The lowest BCUT2D eigenvalue weighted by Crippen LogP contribution is -1.80. The molecule has 0 unspecified atom stereocenters. The lowest BCUT2D eigenvalue weighted by atomic mass is 10.1. The van der Waals surface area contributed by atoms with E-state index in [4.69, 9.17) is 14.2 Å². The van der Waals surface area contributed by atoms with Crippen molar-refractivity contribution < 1.29 is 8.94 Å². The van der Waals surface area contributed by atoms with Gasteiger partial charge in [0, 0.05) is 5.56 Å². The van der Waals surface area contributed by atoms with Crippen LogP contribution < -0.4 is 0 Å². The minimum atomic E-state index is 0.360. The van der Waals surface area contributed by atoms with Gasteiger partial charge in [0.15, 0.2) is 5.76 Å². The first-order valence-corrected chi connectivity index (χ1v) is 5.25. The number of nitrogens with zero attached hydrogens (tertiary/aromatic N) is 3. The Labute approximate surface area is 102 Å². The summed E-state index contributed by atoms with van der Waals surface area (Å²) in [4.78, 5) is 4.22. The van der Waals surface area contributed by atoms with Crippen molar-refractivity contribution in [2.75, 3.05) is 0 Å². The third kappa shape index (κ3) is 1.76. The summed E-state index contributed by atoms with van der Waals surface area (Å²) >= 11 is 0. The van der Waals surface area contributed by atoms with Gasteiger partial charge in [0.2, 0.25) is 5.82 Å². The predicted octanol–water partition coefficient (Wildman–Crippen LogP) is 2.87. The fourth-order valence-corrected chi connectivity index (χ4v) is 1.57. The molecule has 5 nitrogen and oxygen atoms in total. The van der Waals surface area contributed by atoms with E-state index in [9.17, 15) is 0 Å². The molecule has 0 saturated carbocycles. The molecular formula is C13H7N3O2. The predicted molar refractivity (Wildman–Crippen MR) is 62.2 cm³/mol. The first kappa shape index (κ1) is 10.3. The van der Waals surface area contributed by atoms with Crippen LogP contribution in [0.15, 0.2) is 51.6 Å². The number of aromatic nitrogens is 2. The van der Waals surface area contributed by atoms with E-state index in [1.807, 2.05) is 0 Å². The van der Waals surface area contributed by atoms with Crippen molar-refractivity contribution in [3.63, 3.8) is 0 Å². The Bertz CT molecular complexity index is 708. The van der Waals surface area contributed by atoms with Gasteiger partial charge in [-0.1, -0.05) is 11.2 Å². The van der Waals surface area contributed by atoms with E-state index in [0.717, 1.165) is 0 Å². The van der Waals surface area contributed by atoms with Gasteiger partial charge in [-0.05, 0) is 30.3 Å². The van der Waals surface area contributed by atoms with Gasteiger partial charge in [0.25, 0.3) is 5.89 Å². The maximum absolute atomic E-state index is 8.83. The first-order chi connectivity index (χ1) is 8.86. The molecule has 0 amide bonds. The average molecular weight is 237 g/mol. The first-order valence-electron chi connectivity index (χ1n) is 5.25. The molecule has 0 spiro atoms. The van der Waals surface area contributed by atoms with E-state index in [-0.39, 0.29) is 0 Å². The molecule has 0 aliphatic carbocycles. The van der Waals surface area contributed by atoms with Gasteiger partial charge >= 0.3 is 0 Å². The molecule has 0 aliphatic rings. The summed E-state index contributed by atoms with van der Waals surface area (Å²) in [6.07, 6.45) is 1.54. The molecule has 0 bridgehead atoms. The van der Waals surface area contributed by atoms with Crippen LogP contribution in [-0.4, -0.2) is 10.1 Å². The second-order valence-electron chi connectivity index (χ2n) is 3.59. The van der Waals surface area contributed by atoms with E-state index in [1.165, 1.54) is 0 Å². The summed E-state index contributed by atoms with van der Waals surface area (Å²) in [7, 11) is 0. The van der Waals surface area contributed by atoms with Crippen LogP contribution in [-0.2, 0) is 0 Å². The maximum Gasteiger partial charge on any atom is 0.258 e. The molecule has 3 aromatic rings. The van der Waals surface area contributed by atoms with E-state index in [0.29, 0.717) is 28.6 Å². The molecule has 0 radical (unpaired) electrons. The number of furan rings is 1. The quantitative estimate of drug-likeness (QED) is 0.684. The monoisotopic (exact) mass is 237 g/mol. The normalized spacial score (nSPS) is 10.2. The van der Waals surface area contributed by atoms with Crippen LogP contribution in [0.5, 0.6) is 0 Å². The third-order valence-corrected chi connectivity index (χ3v) is 2.41. The fraction of sp³-hybridized carbons (Fsp3) is 0. The highest BCUT2D eigenvalue weighted by atomic mass is 16.5. The van der Waals surface area contributed by atoms with Gasteiger partial charge in [-0.25, -0.2) is 0 Å². The largest absolute Gasteiger partial charge is 0.461 e. The van der Waals surface area contributed by atoms with Crippen LogP contribution in [0.3, 0.4) is 0 Å².